The Kier molecular flexibility index (Phi) is 6.41. The molecule has 0 aromatic heterocycles. The van der Waals surface area contributed by atoms with Crippen LogP contribution in [0.15, 0.2) is 0 Å². The molecule has 0 aromatic rings. The lowest BCUT2D eigenvalue weighted by Crippen LogP contribution is -2.68. The minimum atomic E-state index is -1.59. The zero-order valence-electron chi connectivity index (χ0n) is 16.9. The lowest BCUT2D eigenvalue weighted by atomic mass is 9.74. The topological polar surface area (TPSA) is 24.1 Å². The fraction of sp³-hybridized carbons (Fsp3) is 1.00. The van der Waals surface area contributed by atoms with Gasteiger partial charge in [-0.2, -0.15) is 0 Å². The fourth-order valence-corrected chi connectivity index (χ4v) is 8.77. The van der Waals surface area contributed by atoms with Crippen LogP contribution in [0.2, 0.25) is 13.1 Å². The van der Waals surface area contributed by atoms with Gasteiger partial charge in [0.1, 0.15) is 0 Å². The van der Waals surface area contributed by atoms with Gasteiger partial charge in [-0.1, -0.05) is 41.5 Å². The SMILES string of the molecule is CC1CC(C)C(N[Si](C)(C)NC2C(C)CC(C)CC2C)C(C)C1. The van der Waals surface area contributed by atoms with Crippen LogP contribution >= 0.6 is 0 Å². The van der Waals surface area contributed by atoms with Crippen molar-refractivity contribution in [1.29, 1.82) is 0 Å². The molecule has 0 saturated heterocycles. The van der Waals surface area contributed by atoms with E-state index >= 15 is 0 Å². The van der Waals surface area contributed by atoms with Crippen molar-refractivity contribution in [2.75, 3.05) is 0 Å². The Bertz CT molecular complexity index is 326. The maximum Gasteiger partial charge on any atom is 0.195 e. The average Bonchev–Trinajstić information content (AvgIpc) is 2.38. The molecule has 2 nitrogen and oxygen atoms in total. The molecule has 0 amide bonds. The molecule has 0 radical (unpaired) electrons. The van der Waals surface area contributed by atoms with E-state index in [9.17, 15) is 0 Å². The lowest BCUT2D eigenvalue weighted by Gasteiger charge is -2.46. The van der Waals surface area contributed by atoms with E-state index in [1.165, 1.54) is 25.7 Å². The molecule has 2 saturated carbocycles. The first kappa shape index (κ1) is 19.5. The zero-order valence-corrected chi connectivity index (χ0v) is 17.9. The zero-order chi connectivity index (χ0) is 17.4. The highest BCUT2D eigenvalue weighted by molar-refractivity contribution is 6.72. The summed E-state index contributed by atoms with van der Waals surface area (Å²) >= 11 is 0. The number of rotatable bonds is 4. The molecule has 2 aliphatic rings. The van der Waals surface area contributed by atoms with Gasteiger partial charge in [0.2, 0.25) is 0 Å². The highest BCUT2D eigenvalue weighted by Gasteiger charge is 2.39. The van der Waals surface area contributed by atoms with Crippen LogP contribution in [0.1, 0.15) is 67.2 Å². The van der Waals surface area contributed by atoms with E-state index in [0.717, 1.165) is 35.5 Å². The largest absolute Gasteiger partial charge is 0.322 e. The number of hydrogen-bond acceptors (Lipinski definition) is 2. The molecule has 23 heavy (non-hydrogen) atoms. The van der Waals surface area contributed by atoms with Crippen LogP contribution in [0.25, 0.3) is 0 Å². The van der Waals surface area contributed by atoms with Gasteiger partial charge >= 0.3 is 0 Å². The summed E-state index contributed by atoms with van der Waals surface area (Å²) in [7, 11) is -1.59. The van der Waals surface area contributed by atoms with Gasteiger partial charge in [-0.25, -0.2) is 0 Å². The molecule has 0 bridgehead atoms. The molecule has 4 atom stereocenters. The molecule has 2 fully saturated rings. The number of hydrogen-bond donors (Lipinski definition) is 2. The third kappa shape index (κ3) is 5.06. The molecule has 0 spiro atoms. The van der Waals surface area contributed by atoms with Crippen molar-refractivity contribution in [2.24, 2.45) is 35.5 Å². The van der Waals surface area contributed by atoms with Crippen molar-refractivity contribution in [2.45, 2.75) is 92.4 Å². The monoisotopic (exact) mass is 338 g/mol. The summed E-state index contributed by atoms with van der Waals surface area (Å²) in [5.74, 6) is 5.03. The third-order valence-corrected chi connectivity index (χ3v) is 8.71. The van der Waals surface area contributed by atoms with E-state index < -0.39 is 8.40 Å². The minimum Gasteiger partial charge on any atom is -0.322 e. The van der Waals surface area contributed by atoms with Crippen LogP contribution in [0.4, 0.5) is 0 Å². The van der Waals surface area contributed by atoms with Crippen LogP contribution < -0.4 is 9.96 Å². The first-order valence-electron chi connectivity index (χ1n) is 10.1. The Labute approximate surface area is 146 Å². The summed E-state index contributed by atoms with van der Waals surface area (Å²) in [5, 5.41) is 0. The van der Waals surface area contributed by atoms with Gasteiger partial charge < -0.3 is 9.96 Å². The van der Waals surface area contributed by atoms with Gasteiger partial charge in [-0.3, -0.25) is 0 Å². The lowest BCUT2D eigenvalue weighted by molar-refractivity contribution is 0.169. The van der Waals surface area contributed by atoms with Gasteiger partial charge in [-0.05, 0) is 74.3 Å². The summed E-state index contributed by atoms with van der Waals surface area (Å²) < 4.78 is 0. The molecule has 4 unspecified atom stereocenters. The van der Waals surface area contributed by atoms with E-state index in [2.05, 4.69) is 64.6 Å². The van der Waals surface area contributed by atoms with E-state index in [1.807, 2.05) is 0 Å². The van der Waals surface area contributed by atoms with E-state index in [4.69, 9.17) is 0 Å². The molecule has 3 heteroatoms. The second-order valence-electron chi connectivity index (χ2n) is 10.0. The minimum absolute atomic E-state index is 0.702. The van der Waals surface area contributed by atoms with Crippen molar-refractivity contribution >= 4 is 8.40 Å². The number of nitrogens with one attached hydrogen (secondary N) is 2. The maximum atomic E-state index is 4.14. The normalized spacial score (nSPS) is 45.9. The summed E-state index contributed by atoms with van der Waals surface area (Å²) in [4.78, 5) is 8.29. The van der Waals surface area contributed by atoms with Gasteiger partial charge in [0.25, 0.3) is 0 Å². The smallest absolute Gasteiger partial charge is 0.195 e. The van der Waals surface area contributed by atoms with Crippen molar-refractivity contribution in [3.05, 3.63) is 0 Å². The molecule has 2 N–H and O–H groups in total. The molecule has 136 valence electrons. The molecule has 0 aromatic carbocycles. The fourth-order valence-electron chi connectivity index (χ4n) is 5.88. The summed E-state index contributed by atoms with van der Waals surface area (Å²) in [5.41, 5.74) is 0. The first-order chi connectivity index (χ1) is 10.6. The summed E-state index contributed by atoms with van der Waals surface area (Å²) in [6, 6.07) is 1.40. The van der Waals surface area contributed by atoms with Crippen LogP contribution in [0.3, 0.4) is 0 Å². The Hall–Kier alpha value is 0.137. The van der Waals surface area contributed by atoms with Gasteiger partial charge in [0, 0.05) is 12.1 Å². The van der Waals surface area contributed by atoms with Crippen LogP contribution in [0.5, 0.6) is 0 Å². The summed E-state index contributed by atoms with van der Waals surface area (Å²) in [6.45, 7) is 19.7. The molecule has 0 heterocycles. The van der Waals surface area contributed by atoms with Crippen molar-refractivity contribution < 1.29 is 0 Å². The average molecular weight is 339 g/mol. The van der Waals surface area contributed by atoms with Crippen LogP contribution in [0, 0.1) is 35.5 Å². The Morgan fingerprint density at radius 1 is 0.565 bits per heavy atom. The molecular weight excluding hydrogens is 296 g/mol. The molecule has 2 rings (SSSR count). The quantitative estimate of drug-likeness (QED) is 0.704. The third-order valence-electron chi connectivity index (χ3n) is 6.60. The van der Waals surface area contributed by atoms with Crippen LogP contribution in [-0.2, 0) is 0 Å². The van der Waals surface area contributed by atoms with E-state index in [0.29, 0.717) is 12.1 Å². The van der Waals surface area contributed by atoms with Gasteiger partial charge in [0.15, 0.2) is 8.40 Å². The highest BCUT2D eigenvalue weighted by Crippen LogP contribution is 2.35. The first-order valence-corrected chi connectivity index (χ1v) is 13.1. The van der Waals surface area contributed by atoms with E-state index in [-0.39, 0.29) is 0 Å². The van der Waals surface area contributed by atoms with Crippen molar-refractivity contribution in [1.82, 2.24) is 9.96 Å². The van der Waals surface area contributed by atoms with Crippen molar-refractivity contribution in [3.63, 3.8) is 0 Å². The van der Waals surface area contributed by atoms with Crippen molar-refractivity contribution in [3.8, 4) is 0 Å². The van der Waals surface area contributed by atoms with E-state index in [1.54, 1.807) is 0 Å². The molecule has 2 aliphatic carbocycles. The Balaban J connectivity index is 1.98. The maximum absolute atomic E-state index is 4.14. The standard InChI is InChI=1S/C20H42N2Si/c1-13-9-15(3)19(16(4)10-13)21-23(7,8)22-20-17(5)11-14(2)12-18(20)6/h13-22H,9-12H2,1-8H3. The van der Waals surface area contributed by atoms with Gasteiger partial charge in [-0.15, -0.1) is 0 Å². The van der Waals surface area contributed by atoms with Crippen LogP contribution in [-0.4, -0.2) is 20.5 Å². The summed E-state index contributed by atoms with van der Waals surface area (Å²) in [6.07, 6.45) is 5.56. The highest BCUT2D eigenvalue weighted by atomic mass is 28.3. The molecular formula is C20H42N2Si. The predicted octanol–water partition coefficient (Wildman–Crippen LogP) is 5.01. The second kappa shape index (κ2) is 7.57. The van der Waals surface area contributed by atoms with Gasteiger partial charge in [0.05, 0.1) is 0 Å². The predicted molar refractivity (Wildman–Crippen MR) is 105 cm³/mol. The molecule has 0 aliphatic heterocycles. The Morgan fingerprint density at radius 3 is 1.09 bits per heavy atom. The Morgan fingerprint density at radius 2 is 0.826 bits per heavy atom. The second-order valence-corrected chi connectivity index (χ2v) is 13.9.